The molecule has 0 bridgehead atoms. The molecule has 0 aromatic heterocycles. The van der Waals surface area contributed by atoms with E-state index < -0.39 is 11.6 Å². The first-order valence-electron chi connectivity index (χ1n) is 6.79. The van der Waals surface area contributed by atoms with Crippen LogP contribution in [0.2, 0.25) is 0 Å². The van der Waals surface area contributed by atoms with Gasteiger partial charge in [0.1, 0.15) is 0 Å². The molecule has 22 heavy (non-hydrogen) atoms. The lowest BCUT2D eigenvalue weighted by atomic mass is 10.0. The SMILES string of the molecule is O=C(O)N1N=C(NCc2ccccc2)c2ccccc2C1Cl. The van der Waals surface area contributed by atoms with Gasteiger partial charge in [-0.15, -0.1) is 5.10 Å². The van der Waals surface area contributed by atoms with Crippen molar-refractivity contribution >= 4 is 23.5 Å². The second-order valence-corrected chi connectivity index (χ2v) is 5.25. The summed E-state index contributed by atoms with van der Waals surface area (Å²) in [5.41, 5.74) is 1.79. The fourth-order valence-electron chi connectivity index (χ4n) is 2.32. The molecule has 1 aliphatic rings. The number of hydrogen-bond acceptors (Lipinski definition) is 3. The number of carbonyl (C=O) groups is 1. The molecule has 0 aliphatic carbocycles. The van der Waals surface area contributed by atoms with Gasteiger partial charge in [-0.2, -0.15) is 5.01 Å². The molecular formula is C16H14ClN3O2. The second kappa shape index (κ2) is 6.07. The topological polar surface area (TPSA) is 64.9 Å². The number of carboxylic acid groups (broad SMARTS) is 1. The highest BCUT2D eigenvalue weighted by molar-refractivity contribution is 6.22. The van der Waals surface area contributed by atoms with Crippen molar-refractivity contribution < 1.29 is 9.90 Å². The maximum absolute atomic E-state index is 11.3. The molecule has 0 saturated carbocycles. The number of rotatable bonds is 2. The molecular weight excluding hydrogens is 302 g/mol. The van der Waals surface area contributed by atoms with Crippen molar-refractivity contribution in [1.82, 2.24) is 10.3 Å². The highest BCUT2D eigenvalue weighted by atomic mass is 35.5. The van der Waals surface area contributed by atoms with Gasteiger partial charge in [0.2, 0.25) is 0 Å². The number of alkyl halides is 1. The fraction of sp³-hybridized carbons (Fsp3) is 0.125. The van der Waals surface area contributed by atoms with Gasteiger partial charge in [0.25, 0.3) is 0 Å². The van der Waals surface area contributed by atoms with E-state index in [1.807, 2.05) is 54.6 Å². The van der Waals surface area contributed by atoms with Crippen LogP contribution >= 0.6 is 11.6 Å². The fourth-order valence-corrected chi connectivity index (χ4v) is 2.63. The van der Waals surface area contributed by atoms with Crippen LogP contribution in [0.1, 0.15) is 22.2 Å². The third-order valence-corrected chi connectivity index (χ3v) is 3.81. The van der Waals surface area contributed by atoms with Crippen molar-refractivity contribution in [2.45, 2.75) is 12.0 Å². The molecule has 5 nitrogen and oxygen atoms in total. The van der Waals surface area contributed by atoms with Gasteiger partial charge in [-0.25, -0.2) is 4.79 Å². The molecule has 1 atom stereocenters. The largest absolute Gasteiger partial charge is 0.464 e. The second-order valence-electron chi connectivity index (χ2n) is 4.84. The number of amidine groups is 1. The van der Waals surface area contributed by atoms with Gasteiger partial charge in [0.15, 0.2) is 11.3 Å². The van der Waals surface area contributed by atoms with Crippen LogP contribution in [0, 0.1) is 0 Å². The molecule has 1 aliphatic heterocycles. The van der Waals surface area contributed by atoms with Crippen LogP contribution in [0.15, 0.2) is 59.7 Å². The summed E-state index contributed by atoms with van der Waals surface area (Å²) in [6.07, 6.45) is -1.19. The molecule has 1 unspecified atom stereocenters. The first-order chi connectivity index (χ1) is 10.7. The van der Waals surface area contributed by atoms with Crippen molar-refractivity contribution in [3.05, 3.63) is 71.3 Å². The van der Waals surface area contributed by atoms with Crippen molar-refractivity contribution in [1.29, 1.82) is 0 Å². The van der Waals surface area contributed by atoms with E-state index in [9.17, 15) is 9.90 Å². The third-order valence-electron chi connectivity index (χ3n) is 3.39. The predicted octanol–water partition coefficient (Wildman–Crippen LogP) is 3.37. The molecule has 0 spiro atoms. The number of hydrazone groups is 1. The van der Waals surface area contributed by atoms with E-state index in [2.05, 4.69) is 10.4 Å². The summed E-state index contributed by atoms with van der Waals surface area (Å²) in [4.78, 5) is 11.3. The zero-order valence-electron chi connectivity index (χ0n) is 11.6. The Morgan fingerprint density at radius 3 is 2.59 bits per heavy atom. The minimum atomic E-state index is -1.19. The molecule has 0 fully saturated rings. The highest BCUT2D eigenvalue weighted by Crippen LogP contribution is 2.32. The van der Waals surface area contributed by atoms with E-state index in [1.165, 1.54) is 0 Å². The summed E-state index contributed by atoms with van der Waals surface area (Å²) in [6, 6.07) is 17.2. The molecule has 112 valence electrons. The number of halogens is 1. The highest BCUT2D eigenvalue weighted by Gasteiger charge is 2.30. The molecule has 0 radical (unpaired) electrons. The van der Waals surface area contributed by atoms with E-state index in [0.29, 0.717) is 12.4 Å². The van der Waals surface area contributed by atoms with Crippen molar-refractivity contribution in [3.63, 3.8) is 0 Å². The first kappa shape index (κ1) is 14.4. The van der Waals surface area contributed by atoms with Gasteiger partial charge in [-0.3, -0.25) is 0 Å². The van der Waals surface area contributed by atoms with E-state index in [0.717, 1.165) is 21.7 Å². The van der Waals surface area contributed by atoms with Crippen molar-refractivity contribution in [3.8, 4) is 0 Å². The third kappa shape index (κ3) is 2.76. The minimum Gasteiger partial charge on any atom is -0.464 e. The molecule has 2 aromatic carbocycles. The first-order valence-corrected chi connectivity index (χ1v) is 7.22. The number of hydrogen-bond donors (Lipinski definition) is 2. The van der Waals surface area contributed by atoms with Crippen LogP contribution in [0.25, 0.3) is 0 Å². The van der Waals surface area contributed by atoms with Crippen LogP contribution in [-0.2, 0) is 6.54 Å². The lowest BCUT2D eigenvalue weighted by molar-refractivity contribution is 0.140. The predicted molar refractivity (Wildman–Crippen MR) is 84.7 cm³/mol. The lowest BCUT2D eigenvalue weighted by Gasteiger charge is -2.28. The number of benzene rings is 2. The molecule has 1 heterocycles. The van der Waals surface area contributed by atoms with Gasteiger partial charge in [-0.1, -0.05) is 66.2 Å². The smallest absolute Gasteiger partial charge is 0.429 e. The maximum Gasteiger partial charge on any atom is 0.429 e. The van der Waals surface area contributed by atoms with Gasteiger partial charge in [0, 0.05) is 17.7 Å². The Morgan fingerprint density at radius 2 is 1.86 bits per heavy atom. The van der Waals surface area contributed by atoms with Gasteiger partial charge < -0.3 is 10.4 Å². The summed E-state index contributed by atoms with van der Waals surface area (Å²) in [7, 11) is 0. The minimum absolute atomic E-state index is 0.499. The Labute approximate surface area is 132 Å². The Hall–Kier alpha value is -2.53. The number of amides is 1. The Morgan fingerprint density at radius 1 is 1.18 bits per heavy atom. The summed E-state index contributed by atoms with van der Waals surface area (Å²) < 4.78 is 0. The molecule has 3 rings (SSSR count). The summed E-state index contributed by atoms with van der Waals surface area (Å²) in [5, 5.41) is 17.4. The Bertz CT molecular complexity index is 718. The maximum atomic E-state index is 11.3. The average molecular weight is 316 g/mol. The number of fused-ring (bicyclic) bond motifs is 1. The van der Waals surface area contributed by atoms with Crippen molar-refractivity contribution in [2.75, 3.05) is 0 Å². The summed E-state index contributed by atoms with van der Waals surface area (Å²) in [6.45, 7) is 0.550. The van der Waals surface area contributed by atoms with Crippen LogP contribution < -0.4 is 5.32 Å². The van der Waals surface area contributed by atoms with Crippen molar-refractivity contribution in [2.24, 2.45) is 5.10 Å². The van der Waals surface area contributed by atoms with E-state index in [4.69, 9.17) is 11.6 Å². The standard InChI is InChI=1S/C16H14ClN3O2/c17-14-12-8-4-5-9-13(12)15(19-20(14)16(21)22)18-10-11-6-2-1-3-7-11/h1-9,14H,10H2,(H,18,19)(H,21,22). The lowest BCUT2D eigenvalue weighted by Crippen LogP contribution is -2.37. The van der Waals surface area contributed by atoms with Gasteiger partial charge in [0.05, 0.1) is 0 Å². The van der Waals surface area contributed by atoms with Crippen LogP contribution in [0.5, 0.6) is 0 Å². The average Bonchev–Trinajstić information content (AvgIpc) is 2.55. The summed E-state index contributed by atoms with van der Waals surface area (Å²) >= 11 is 6.20. The van der Waals surface area contributed by atoms with Crippen LogP contribution in [-0.4, -0.2) is 22.0 Å². The number of nitrogens with zero attached hydrogens (tertiary/aromatic N) is 2. The Balaban J connectivity index is 1.90. The van der Waals surface area contributed by atoms with Crippen LogP contribution in [0.3, 0.4) is 0 Å². The summed E-state index contributed by atoms with van der Waals surface area (Å²) in [5.74, 6) is 0.499. The van der Waals surface area contributed by atoms with E-state index >= 15 is 0 Å². The zero-order valence-corrected chi connectivity index (χ0v) is 12.4. The molecule has 2 N–H and O–H groups in total. The molecule has 1 amide bonds. The Kier molecular flexibility index (Phi) is 3.98. The molecule has 2 aromatic rings. The van der Waals surface area contributed by atoms with Gasteiger partial charge >= 0.3 is 6.09 Å². The molecule has 6 heteroatoms. The van der Waals surface area contributed by atoms with Gasteiger partial charge in [-0.05, 0) is 5.56 Å². The quantitative estimate of drug-likeness (QED) is 0.659. The van der Waals surface area contributed by atoms with E-state index in [1.54, 1.807) is 0 Å². The van der Waals surface area contributed by atoms with E-state index in [-0.39, 0.29) is 0 Å². The number of nitrogens with one attached hydrogen (secondary N) is 1. The van der Waals surface area contributed by atoms with Crippen LogP contribution in [0.4, 0.5) is 4.79 Å². The zero-order chi connectivity index (χ0) is 15.5. The normalized spacial score (nSPS) is 16.7. The molecule has 0 saturated heterocycles. The monoisotopic (exact) mass is 315 g/mol.